The number of carbonyl (C=O) groups excluding carboxylic acids is 1. The Balaban J connectivity index is 2.09. The van der Waals surface area contributed by atoms with E-state index in [9.17, 15) is 4.79 Å². The van der Waals surface area contributed by atoms with Gasteiger partial charge in [-0.25, -0.2) is 4.98 Å². The van der Waals surface area contributed by atoms with Crippen molar-refractivity contribution in [1.82, 2.24) is 20.5 Å². The number of nitrogens with zero attached hydrogens (tertiary/aromatic N) is 2. The van der Waals surface area contributed by atoms with Gasteiger partial charge in [0.25, 0.3) is 5.91 Å². The van der Waals surface area contributed by atoms with Gasteiger partial charge in [-0.2, -0.15) is 5.10 Å². The lowest BCUT2D eigenvalue weighted by atomic mass is 10.0. The van der Waals surface area contributed by atoms with Crippen LogP contribution in [0.15, 0.2) is 24.5 Å². The van der Waals surface area contributed by atoms with E-state index < -0.39 is 0 Å². The van der Waals surface area contributed by atoms with Crippen LogP contribution >= 0.6 is 0 Å². The van der Waals surface area contributed by atoms with E-state index in [2.05, 4.69) is 32.3 Å². The summed E-state index contributed by atoms with van der Waals surface area (Å²) in [6.07, 6.45) is 1.40. The van der Waals surface area contributed by atoms with Crippen LogP contribution in [0.3, 0.4) is 0 Å². The Morgan fingerprint density at radius 1 is 1.50 bits per heavy atom. The van der Waals surface area contributed by atoms with E-state index in [-0.39, 0.29) is 5.91 Å². The second-order valence-corrected chi connectivity index (χ2v) is 4.15. The molecule has 0 aliphatic carbocycles. The van der Waals surface area contributed by atoms with E-state index in [1.54, 1.807) is 12.1 Å². The first-order valence-electron chi connectivity index (χ1n) is 6.12. The van der Waals surface area contributed by atoms with Gasteiger partial charge in [-0.1, -0.05) is 17.9 Å². The molecule has 0 unspecified atom stereocenters. The van der Waals surface area contributed by atoms with Gasteiger partial charge in [0.05, 0.1) is 13.1 Å². The maximum Gasteiger partial charge on any atom is 0.251 e. The topological polar surface area (TPSA) is 96.7 Å². The van der Waals surface area contributed by atoms with E-state index in [0.717, 1.165) is 11.1 Å². The monoisotopic (exact) mass is 269 g/mol. The first-order valence-corrected chi connectivity index (χ1v) is 6.12. The minimum atomic E-state index is -0.183. The number of nitrogens with two attached hydrogens (primary N) is 1. The Morgan fingerprint density at radius 2 is 2.35 bits per heavy atom. The molecule has 102 valence electrons. The van der Waals surface area contributed by atoms with Crippen molar-refractivity contribution >= 4 is 5.91 Å². The van der Waals surface area contributed by atoms with E-state index >= 15 is 0 Å². The lowest BCUT2D eigenvalue weighted by molar-refractivity contribution is 0.0950. The average Bonchev–Trinajstić information content (AvgIpc) is 2.97. The zero-order chi connectivity index (χ0) is 14.4. The summed E-state index contributed by atoms with van der Waals surface area (Å²) in [5, 5.41) is 9.15. The maximum atomic E-state index is 12.0. The van der Waals surface area contributed by atoms with Crippen LogP contribution in [-0.2, 0) is 6.54 Å². The highest BCUT2D eigenvalue weighted by atomic mass is 16.1. The number of aryl methyl sites for hydroxylation is 1. The average molecular weight is 269 g/mol. The molecule has 0 saturated carbocycles. The van der Waals surface area contributed by atoms with E-state index in [4.69, 9.17) is 5.73 Å². The highest BCUT2D eigenvalue weighted by molar-refractivity contribution is 5.94. The van der Waals surface area contributed by atoms with Gasteiger partial charge in [0, 0.05) is 11.1 Å². The van der Waals surface area contributed by atoms with Crippen LogP contribution in [0.25, 0.3) is 0 Å². The number of rotatable bonds is 3. The lowest BCUT2D eigenvalue weighted by Crippen LogP contribution is -2.23. The molecule has 20 heavy (non-hydrogen) atoms. The van der Waals surface area contributed by atoms with Gasteiger partial charge in [0.15, 0.2) is 0 Å². The molecule has 0 aliphatic heterocycles. The van der Waals surface area contributed by atoms with Crippen molar-refractivity contribution in [2.24, 2.45) is 5.73 Å². The Bertz CT molecular complexity index is 652. The van der Waals surface area contributed by atoms with Crippen LogP contribution in [0.2, 0.25) is 0 Å². The molecule has 6 nitrogen and oxygen atoms in total. The summed E-state index contributed by atoms with van der Waals surface area (Å²) in [4.78, 5) is 16.0. The number of benzene rings is 1. The molecule has 0 radical (unpaired) electrons. The standard InChI is InChI=1S/C14H15N5O/c1-10-4-5-12(7-11(10)3-2-6-15)14(20)16-8-13-17-9-18-19-13/h4-5,7,9H,6,8,15H2,1H3,(H,16,20)(H,17,18,19). The molecule has 0 atom stereocenters. The number of hydrogen-bond acceptors (Lipinski definition) is 4. The van der Waals surface area contributed by atoms with E-state index in [0.29, 0.717) is 24.5 Å². The Hall–Kier alpha value is -2.65. The smallest absolute Gasteiger partial charge is 0.251 e. The van der Waals surface area contributed by atoms with Crippen molar-refractivity contribution in [1.29, 1.82) is 0 Å². The Labute approximate surface area is 116 Å². The van der Waals surface area contributed by atoms with Gasteiger partial charge in [-0.05, 0) is 24.6 Å². The summed E-state index contributed by atoms with van der Waals surface area (Å²) in [5.41, 5.74) is 7.73. The minimum Gasteiger partial charge on any atom is -0.345 e. The van der Waals surface area contributed by atoms with Crippen molar-refractivity contribution in [2.75, 3.05) is 6.54 Å². The molecular formula is C14H15N5O. The molecule has 6 heteroatoms. The number of aromatic amines is 1. The fraction of sp³-hybridized carbons (Fsp3) is 0.214. The lowest BCUT2D eigenvalue weighted by Gasteiger charge is -2.05. The highest BCUT2D eigenvalue weighted by Gasteiger charge is 2.07. The van der Waals surface area contributed by atoms with Crippen molar-refractivity contribution in [3.8, 4) is 11.8 Å². The van der Waals surface area contributed by atoms with Crippen LogP contribution in [0.5, 0.6) is 0 Å². The third-order valence-electron chi connectivity index (χ3n) is 2.71. The van der Waals surface area contributed by atoms with Crippen molar-refractivity contribution in [3.05, 3.63) is 47.0 Å². The fourth-order valence-electron chi connectivity index (χ4n) is 1.63. The number of hydrogen-bond donors (Lipinski definition) is 3. The van der Waals surface area contributed by atoms with Crippen molar-refractivity contribution < 1.29 is 4.79 Å². The second-order valence-electron chi connectivity index (χ2n) is 4.15. The highest BCUT2D eigenvalue weighted by Crippen LogP contribution is 2.10. The second kappa shape index (κ2) is 6.50. The zero-order valence-electron chi connectivity index (χ0n) is 11.1. The van der Waals surface area contributed by atoms with Gasteiger partial charge < -0.3 is 11.1 Å². The Morgan fingerprint density at radius 3 is 3.05 bits per heavy atom. The number of H-pyrrole nitrogens is 1. The van der Waals surface area contributed by atoms with Crippen molar-refractivity contribution in [3.63, 3.8) is 0 Å². The third-order valence-corrected chi connectivity index (χ3v) is 2.71. The van der Waals surface area contributed by atoms with Crippen LogP contribution in [0, 0.1) is 18.8 Å². The van der Waals surface area contributed by atoms with Crippen LogP contribution in [-0.4, -0.2) is 27.6 Å². The fourth-order valence-corrected chi connectivity index (χ4v) is 1.63. The number of carbonyl (C=O) groups is 1. The largest absolute Gasteiger partial charge is 0.345 e. The van der Waals surface area contributed by atoms with Gasteiger partial charge >= 0.3 is 0 Å². The molecular weight excluding hydrogens is 254 g/mol. The molecule has 0 saturated heterocycles. The first-order chi connectivity index (χ1) is 9.70. The molecule has 2 aromatic rings. The number of nitrogens with one attached hydrogen (secondary N) is 2. The molecule has 4 N–H and O–H groups in total. The Kier molecular flexibility index (Phi) is 4.47. The molecule has 0 aliphatic rings. The summed E-state index contributed by atoms with van der Waals surface area (Å²) in [6.45, 7) is 2.54. The molecule has 0 fully saturated rings. The normalized spacial score (nSPS) is 9.70. The van der Waals surface area contributed by atoms with Gasteiger partial charge in [-0.15, -0.1) is 0 Å². The van der Waals surface area contributed by atoms with Crippen LogP contribution < -0.4 is 11.1 Å². The quantitative estimate of drug-likeness (QED) is 0.701. The molecule has 1 amide bonds. The van der Waals surface area contributed by atoms with Gasteiger partial charge in [-0.3, -0.25) is 9.89 Å². The van der Waals surface area contributed by atoms with Crippen LogP contribution in [0.4, 0.5) is 0 Å². The third kappa shape index (κ3) is 3.43. The summed E-state index contributed by atoms with van der Waals surface area (Å²) >= 11 is 0. The number of amides is 1. The summed E-state index contributed by atoms with van der Waals surface area (Å²) in [7, 11) is 0. The van der Waals surface area contributed by atoms with Crippen molar-refractivity contribution in [2.45, 2.75) is 13.5 Å². The molecule has 0 spiro atoms. The zero-order valence-corrected chi connectivity index (χ0v) is 11.1. The minimum absolute atomic E-state index is 0.183. The maximum absolute atomic E-state index is 12.0. The SMILES string of the molecule is Cc1ccc(C(=O)NCc2ncn[nH]2)cc1C#CCN. The molecule has 1 aromatic carbocycles. The molecule has 1 aromatic heterocycles. The summed E-state index contributed by atoms with van der Waals surface area (Å²) < 4.78 is 0. The van der Waals surface area contributed by atoms with Gasteiger partial charge in [0.2, 0.25) is 0 Å². The predicted molar refractivity (Wildman–Crippen MR) is 74.7 cm³/mol. The molecule has 2 rings (SSSR count). The van der Waals surface area contributed by atoms with Crippen LogP contribution in [0.1, 0.15) is 27.3 Å². The molecule has 0 bridgehead atoms. The summed E-state index contributed by atoms with van der Waals surface area (Å²) in [5.74, 6) is 6.16. The van der Waals surface area contributed by atoms with Gasteiger partial charge in [0.1, 0.15) is 12.2 Å². The molecule has 1 heterocycles. The summed E-state index contributed by atoms with van der Waals surface area (Å²) in [6, 6.07) is 5.39. The predicted octanol–water partition coefficient (Wildman–Crippen LogP) is 0.353. The number of aromatic nitrogens is 3. The first kappa shape index (κ1) is 13.8. The van der Waals surface area contributed by atoms with E-state index in [1.165, 1.54) is 6.33 Å². The van der Waals surface area contributed by atoms with E-state index in [1.807, 2.05) is 13.0 Å².